The molecule has 0 spiro atoms. The number of halogens is 1. The maximum absolute atomic E-state index is 10.7. The molecule has 0 rings (SSSR count). The van der Waals surface area contributed by atoms with Gasteiger partial charge in [0.05, 0.1) is 12.5 Å². The van der Waals surface area contributed by atoms with Crippen molar-refractivity contribution in [2.24, 2.45) is 0 Å². The lowest BCUT2D eigenvalue weighted by Crippen LogP contribution is -2.23. The molecule has 6 nitrogen and oxygen atoms in total. The number of carbonyl (C=O) groups is 1. The molecule has 0 aliphatic carbocycles. The van der Waals surface area contributed by atoms with Gasteiger partial charge in [-0.25, -0.2) is 9.36 Å². The minimum Gasteiger partial charge on any atom is -0.455 e. The summed E-state index contributed by atoms with van der Waals surface area (Å²) in [4.78, 5) is 27.3. The molecule has 82 valence electrons. The zero-order chi connectivity index (χ0) is 11.2. The number of phosphoric acid groups is 1. The van der Waals surface area contributed by atoms with Crippen LogP contribution >= 0.6 is 19.4 Å². The Morgan fingerprint density at radius 1 is 1.64 bits per heavy atom. The molecular formula is C6H10ClO6P. The van der Waals surface area contributed by atoms with Crippen molar-refractivity contribution in [2.75, 3.05) is 12.5 Å². The Morgan fingerprint density at radius 2 is 2.21 bits per heavy atom. The van der Waals surface area contributed by atoms with Crippen LogP contribution in [0.2, 0.25) is 0 Å². The molecule has 2 N–H and O–H groups in total. The smallest absolute Gasteiger partial charge is 0.455 e. The molecule has 0 saturated heterocycles. The molecule has 8 heteroatoms. The molecule has 0 fully saturated rings. The lowest BCUT2D eigenvalue weighted by atomic mass is 10.4. The Morgan fingerprint density at radius 3 is 2.57 bits per heavy atom. The van der Waals surface area contributed by atoms with Crippen LogP contribution in [0, 0.1) is 0 Å². The first-order chi connectivity index (χ1) is 6.39. The summed E-state index contributed by atoms with van der Waals surface area (Å²) < 4.78 is 19.0. The fraction of sp³-hybridized carbons (Fsp3) is 0.500. The highest BCUT2D eigenvalue weighted by Crippen LogP contribution is 2.35. The summed E-state index contributed by atoms with van der Waals surface area (Å²) in [6, 6.07) is 0. The molecule has 1 unspecified atom stereocenters. The Hall–Kier alpha value is -0.390. The van der Waals surface area contributed by atoms with Crippen molar-refractivity contribution < 1.29 is 28.4 Å². The second kappa shape index (κ2) is 6.16. The van der Waals surface area contributed by atoms with E-state index < -0.39 is 26.5 Å². The Kier molecular flexibility index (Phi) is 5.99. The first-order valence-corrected chi connectivity index (χ1v) is 5.54. The topological polar surface area (TPSA) is 93.1 Å². The summed E-state index contributed by atoms with van der Waals surface area (Å²) in [5.41, 5.74) is 0. The number of ether oxygens (including phenoxy) is 1. The fourth-order valence-corrected chi connectivity index (χ4v) is 1.02. The third-order valence-corrected chi connectivity index (χ3v) is 1.88. The summed E-state index contributed by atoms with van der Waals surface area (Å²) in [6.45, 7) is 2.68. The highest BCUT2D eigenvalue weighted by molar-refractivity contribution is 7.46. The first kappa shape index (κ1) is 13.6. The predicted octanol–water partition coefficient (Wildman–Crippen LogP) is 0.432. The van der Waals surface area contributed by atoms with Gasteiger partial charge in [0.2, 0.25) is 0 Å². The number of esters is 1. The van der Waals surface area contributed by atoms with Crippen LogP contribution in [0.4, 0.5) is 0 Å². The van der Waals surface area contributed by atoms with E-state index in [4.69, 9.17) is 21.4 Å². The van der Waals surface area contributed by atoms with Gasteiger partial charge in [-0.3, -0.25) is 4.52 Å². The summed E-state index contributed by atoms with van der Waals surface area (Å²) in [5.74, 6) is -0.857. The van der Waals surface area contributed by atoms with Crippen LogP contribution in [0.5, 0.6) is 0 Å². The Balaban J connectivity index is 3.98. The van der Waals surface area contributed by atoms with Crippen LogP contribution in [0.15, 0.2) is 12.7 Å². The molecule has 0 aromatic carbocycles. The number of phosphoric ester groups is 1. The lowest BCUT2D eigenvalue weighted by Gasteiger charge is -2.14. The summed E-state index contributed by atoms with van der Waals surface area (Å²) in [5, 5.41) is 0. The average molecular weight is 245 g/mol. The summed E-state index contributed by atoms with van der Waals surface area (Å²) in [6.07, 6.45) is 0.00612. The molecule has 0 aromatic rings. The highest BCUT2D eigenvalue weighted by atomic mass is 35.5. The van der Waals surface area contributed by atoms with E-state index >= 15 is 0 Å². The van der Waals surface area contributed by atoms with Gasteiger partial charge < -0.3 is 14.5 Å². The van der Waals surface area contributed by atoms with E-state index in [1.807, 2.05) is 0 Å². The van der Waals surface area contributed by atoms with Gasteiger partial charge in [0.1, 0.15) is 6.10 Å². The van der Waals surface area contributed by atoms with Gasteiger partial charge in [0, 0.05) is 6.08 Å². The molecule has 0 aliphatic rings. The van der Waals surface area contributed by atoms with E-state index in [1.165, 1.54) is 0 Å². The molecular weight excluding hydrogens is 234 g/mol. The average Bonchev–Trinajstić information content (AvgIpc) is 2.10. The number of hydrogen-bond donors (Lipinski definition) is 2. The molecule has 0 aliphatic heterocycles. The third kappa shape index (κ3) is 7.06. The first-order valence-electron chi connectivity index (χ1n) is 3.48. The zero-order valence-electron chi connectivity index (χ0n) is 7.13. The van der Waals surface area contributed by atoms with Crippen LogP contribution in [0.25, 0.3) is 0 Å². The molecule has 0 saturated carbocycles. The monoisotopic (exact) mass is 244 g/mol. The Bertz CT molecular complexity index is 249. The number of alkyl halides is 1. The highest BCUT2D eigenvalue weighted by Gasteiger charge is 2.19. The van der Waals surface area contributed by atoms with Gasteiger partial charge in [-0.05, 0) is 0 Å². The van der Waals surface area contributed by atoms with E-state index in [9.17, 15) is 9.36 Å². The van der Waals surface area contributed by atoms with Gasteiger partial charge in [-0.1, -0.05) is 6.58 Å². The number of carbonyl (C=O) groups excluding carboxylic acids is 1. The molecule has 1 atom stereocenters. The van der Waals surface area contributed by atoms with Gasteiger partial charge in [0.15, 0.2) is 0 Å². The van der Waals surface area contributed by atoms with Gasteiger partial charge in [-0.2, -0.15) is 0 Å². The van der Waals surface area contributed by atoms with E-state index in [0.29, 0.717) is 0 Å². The molecule has 0 aromatic heterocycles. The predicted molar refractivity (Wildman–Crippen MR) is 48.8 cm³/mol. The summed E-state index contributed by atoms with van der Waals surface area (Å²) >= 11 is 5.35. The Labute approximate surface area is 85.7 Å². The second-order valence-corrected chi connectivity index (χ2v) is 3.75. The number of hydrogen-bond acceptors (Lipinski definition) is 4. The van der Waals surface area contributed by atoms with Crippen molar-refractivity contribution in [1.29, 1.82) is 0 Å². The van der Waals surface area contributed by atoms with Crippen molar-refractivity contribution in [1.82, 2.24) is 0 Å². The largest absolute Gasteiger partial charge is 0.469 e. The van der Waals surface area contributed by atoms with E-state index in [1.54, 1.807) is 0 Å². The van der Waals surface area contributed by atoms with Crippen LogP contribution in [0.1, 0.15) is 0 Å². The van der Waals surface area contributed by atoms with Crippen molar-refractivity contribution in [3.05, 3.63) is 12.7 Å². The zero-order valence-corrected chi connectivity index (χ0v) is 8.78. The normalized spacial score (nSPS) is 13.4. The lowest BCUT2D eigenvalue weighted by molar-refractivity contribution is -0.143. The molecule has 0 amide bonds. The molecule has 0 heterocycles. The molecule has 0 bridgehead atoms. The van der Waals surface area contributed by atoms with Gasteiger partial charge >= 0.3 is 13.8 Å². The van der Waals surface area contributed by atoms with E-state index in [-0.39, 0.29) is 5.88 Å². The standard InChI is InChI=1S/C6H10ClO6P/c1-2-6(8)13-5(3-7)4-12-14(9,10)11/h2,5H,1,3-4H2,(H2,9,10,11). The molecule has 0 radical (unpaired) electrons. The molecule has 14 heavy (non-hydrogen) atoms. The van der Waals surface area contributed by atoms with E-state index in [2.05, 4.69) is 15.8 Å². The van der Waals surface area contributed by atoms with Crippen molar-refractivity contribution in [3.63, 3.8) is 0 Å². The maximum atomic E-state index is 10.7. The SMILES string of the molecule is C=CC(=O)OC(CCl)COP(=O)(O)O. The van der Waals surface area contributed by atoms with Crippen molar-refractivity contribution in [3.8, 4) is 0 Å². The second-order valence-electron chi connectivity index (χ2n) is 2.20. The van der Waals surface area contributed by atoms with Gasteiger partial charge in [-0.15, -0.1) is 11.6 Å². The maximum Gasteiger partial charge on any atom is 0.469 e. The van der Waals surface area contributed by atoms with E-state index in [0.717, 1.165) is 6.08 Å². The van der Waals surface area contributed by atoms with Crippen molar-refractivity contribution in [2.45, 2.75) is 6.10 Å². The van der Waals surface area contributed by atoms with Crippen LogP contribution < -0.4 is 0 Å². The quantitative estimate of drug-likeness (QED) is 0.305. The van der Waals surface area contributed by atoms with Crippen LogP contribution in [-0.4, -0.2) is 34.3 Å². The third-order valence-electron chi connectivity index (χ3n) is 1.05. The fourth-order valence-electron chi connectivity index (χ4n) is 0.503. The van der Waals surface area contributed by atoms with Crippen molar-refractivity contribution >= 4 is 25.4 Å². The van der Waals surface area contributed by atoms with Crippen LogP contribution in [0.3, 0.4) is 0 Å². The van der Waals surface area contributed by atoms with Gasteiger partial charge in [0.25, 0.3) is 0 Å². The minimum absolute atomic E-state index is 0.125. The summed E-state index contributed by atoms with van der Waals surface area (Å²) in [7, 11) is -4.56. The minimum atomic E-state index is -4.56. The van der Waals surface area contributed by atoms with Crippen LogP contribution in [-0.2, 0) is 18.6 Å². The number of rotatable bonds is 6.